The van der Waals surface area contributed by atoms with Crippen LogP contribution in [0.4, 0.5) is 17.1 Å². The maximum absolute atomic E-state index is 11.8. The van der Waals surface area contributed by atoms with E-state index in [0.29, 0.717) is 5.52 Å². The molecule has 2 amide bonds. The number of nitro benzene ring substituents is 1. The quantitative estimate of drug-likeness (QED) is 0.182. The van der Waals surface area contributed by atoms with Crippen LogP contribution < -0.4 is 5.32 Å². The molecule has 0 saturated carbocycles. The third kappa shape index (κ3) is 3.71. The number of nitrogens with one attached hydrogen (secondary N) is 2. The van der Waals surface area contributed by atoms with Crippen molar-refractivity contribution < 1.29 is 24.7 Å². The summed E-state index contributed by atoms with van der Waals surface area (Å²) in [5, 5.41) is 39.1. The summed E-state index contributed by atoms with van der Waals surface area (Å²) in [4.78, 5) is 36.4. The number of H-pyrrole nitrogens is 1. The lowest BCUT2D eigenvalue weighted by molar-refractivity contribution is -0.384. The molecule has 11 heteroatoms. The maximum Gasteiger partial charge on any atom is 0.353 e. The summed E-state index contributed by atoms with van der Waals surface area (Å²) >= 11 is 0. The normalized spacial score (nSPS) is 11.0. The minimum Gasteiger partial charge on any atom is -0.508 e. The van der Waals surface area contributed by atoms with Gasteiger partial charge in [-0.1, -0.05) is 0 Å². The third-order valence-corrected chi connectivity index (χ3v) is 3.51. The number of carbonyl (C=O) groups excluding carboxylic acids is 2. The zero-order chi connectivity index (χ0) is 19.6. The molecule has 0 bridgehead atoms. The molecular weight excluding hydrogens is 358 g/mol. The van der Waals surface area contributed by atoms with E-state index in [1.165, 1.54) is 36.4 Å². The molecular formula is C16H11N5O6. The van der Waals surface area contributed by atoms with Gasteiger partial charge in [0, 0.05) is 23.2 Å². The Hall–Kier alpha value is -4.28. The first-order valence-corrected chi connectivity index (χ1v) is 7.40. The first-order valence-electron chi connectivity index (χ1n) is 7.40. The summed E-state index contributed by atoms with van der Waals surface area (Å²) in [5.41, 5.74) is 0.147. The molecule has 4 N–H and O–H groups in total. The number of aromatic nitrogens is 1. The molecule has 11 nitrogen and oxygen atoms in total. The second-order valence-corrected chi connectivity index (χ2v) is 5.32. The number of anilines is 1. The third-order valence-electron chi connectivity index (χ3n) is 3.51. The topological polar surface area (TPSA) is 170 Å². The van der Waals surface area contributed by atoms with E-state index in [2.05, 4.69) is 20.5 Å². The van der Waals surface area contributed by atoms with Crippen LogP contribution in [0, 0.1) is 10.1 Å². The molecule has 0 atom stereocenters. The number of nitrogens with zero attached hydrogens (tertiary/aromatic N) is 3. The number of carbonyl (C=O) groups is 2. The first kappa shape index (κ1) is 17.5. The summed E-state index contributed by atoms with van der Waals surface area (Å²) in [6.07, 6.45) is 0. The predicted octanol–water partition coefficient (Wildman–Crippen LogP) is 2.74. The van der Waals surface area contributed by atoms with Crippen molar-refractivity contribution in [3.05, 3.63) is 52.6 Å². The molecule has 1 aromatic heterocycles. The largest absolute Gasteiger partial charge is 0.508 e. The van der Waals surface area contributed by atoms with Crippen LogP contribution in [0.25, 0.3) is 10.9 Å². The summed E-state index contributed by atoms with van der Waals surface area (Å²) in [6.45, 7) is 0. The molecule has 3 rings (SSSR count). The highest BCUT2D eigenvalue weighted by atomic mass is 16.6. The lowest BCUT2D eigenvalue weighted by Gasteiger charge is -2.01. The fraction of sp³-hybridized carbons (Fsp3) is 0. The number of phenols is 1. The van der Waals surface area contributed by atoms with Crippen molar-refractivity contribution in [3.8, 4) is 11.6 Å². The zero-order valence-electron chi connectivity index (χ0n) is 13.4. The van der Waals surface area contributed by atoms with Crippen molar-refractivity contribution in [1.29, 1.82) is 0 Å². The molecule has 3 aromatic rings. The molecule has 0 saturated heterocycles. The minimum absolute atomic E-state index is 0.0112. The van der Waals surface area contributed by atoms with E-state index in [9.17, 15) is 29.9 Å². The molecule has 136 valence electrons. The number of amides is 2. The van der Waals surface area contributed by atoms with Crippen LogP contribution in [-0.4, -0.2) is 31.9 Å². The Labute approximate surface area is 150 Å². The van der Waals surface area contributed by atoms with Crippen molar-refractivity contribution in [1.82, 2.24) is 4.98 Å². The number of hydrogen-bond acceptors (Lipinski definition) is 7. The monoisotopic (exact) mass is 369 g/mol. The minimum atomic E-state index is -1.25. The number of aromatic hydroxyl groups is 2. The molecule has 0 aliphatic carbocycles. The number of phenolic OH excluding ortho intramolecular Hbond substituents is 1. The number of benzene rings is 2. The van der Waals surface area contributed by atoms with Gasteiger partial charge >= 0.3 is 11.8 Å². The van der Waals surface area contributed by atoms with E-state index in [4.69, 9.17) is 0 Å². The van der Waals surface area contributed by atoms with Crippen LogP contribution in [0.3, 0.4) is 0 Å². The average molecular weight is 369 g/mol. The van der Waals surface area contributed by atoms with E-state index in [1.807, 2.05) is 0 Å². The highest BCUT2D eigenvalue weighted by Gasteiger charge is 2.17. The van der Waals surface area contributed by atoms with Crippen LogP contribution in [0.2, 0.25) is 0 Å². The number of azo groups is 1. The number of fused-ring (bicyclic) bond motifs is 1. The van der Waals surface area contributed by atoms with Gasteiger partial charge in [0.25, 0.3) is 5.69 Å². The van der Waals surface area contributed by atoms with Crippen LogP contribution >= 0.6 is 0 Å². The van der Waals surface area contributed by atoms with Crippen LogP contribution in [0.15, 0.2) is 52.7 Å². The second kappa shape index (κ2) is 6.92. The van der Waals surface area contributed by atoms with Gasteiger partial charge in [0.05, 0.1) is 10.4 Å². The summed E-state index contributed by atoms with van der Waals surface area (Å²) in [5.74, 6) is -2.80. The van der Waals surface area contributed by atoms with Gasteiger partial charge in [-0.3, -0.25) is 19.7 Å². The van der Waals surface area contributed by atoms with Gasteiger partial charge in [-0.05, 0) is 30.3 Å². The molecule has 0 spiro atoms. The number of nitro groups is 1. The standard InChI is InChI=1S/C16H11N5O6/c22-10-4-1-8(2-5-10)17-15(24)16(25)20-19-13-11-7-9(21(26)27)3-6-12(11)18-14(13)23/h1-7,18,22-23H,(H,17,24). The lowest BCUT2D eigenvalue weighted by atomic mass is 10.2. The van der Waals surface area contributed by atoms with Crippen molar-refractivity contribution in [2.45, 2.75) is 0 Å². The summed E-state index contributed by atoms with van der Waals surface area (Å²) < 4.78 is 0. The summed E-state index contributed by atoms with van der Waals surface area (Å²) in [7, 11) is 0. The van der Waals surface area contributed by atoms with E-state index in [-0.39, 0.29) is 28.2 Å². The first-order chi connectivity index (χ1) is 12.8. The molecule has 0 aliphatic heterocycles. The van der Waals surface area contributed by atoms with Crippen LogP contribution in [0.1, 0.15) is 0 Å². The Kier molecular flexibility index (Phi) is 4.49. The highest BCUT2D eigenvalue weighted by molar-refractivity contribution is 6.40. The van der Waals surface area contributed by atoms with Gasteiger partial charge in [-0.15, -0.1) is 10.2 Å². The van der Waals surface area contributed by atoms with Crippen LogP contribution in [-0.2, 0) is 9.59 Å². The van der Waals surface area contributed by atoms with E-state index in [1.54, 1.807) is 0 Å². The maximum atomic E-state index is 11.8. The van der Waals surface area contributed by atoms with E-state index in [0.717, 1.165) is 6.07 Å². The van der Waals surface area contributed by atoms with E-state index < -0.39 is 22.6 Å². The van der Waals surface area contributed by atoms with Gasteiger partial charge in [0.15, 0.2) is 5.69 Å². The SMILES string of the molecule is O=C(N=Nc1c(O)[nH]c2ccc([N+](=O)[O-])cc12)C(=O)Nc1ccc(O)cc1. The fourth-order valence-corrected chi connectivity index (χ4v) is 2.24. The molecule has 2 aromatic carbocycles. The molecule has 0 fully saturated rings. The summed E-state index contributed by atoms with van der Waals surface area (Å²) in [6, 6.07) is 9.14. The second-order valence-electron chi connectivity index (χ2n) is 5.32. The molecule has 0 radical (unpaired) electrons. The van der Waals surface area contributed by atoms with Crippen molar-refractivity contribution in [2.24, 2.45) is 10.2 Å². The zero-order valence-corrected chi connectivity index (χ0v) is 13.4. The van der Waals surface area contributed by atoms with Gasteiger partial charge in [-0.25, -0.2) is 0 Å². The average Bonchev–Trinajstić information content (AvgIpc) is 2.95. The Bertz CT molecular complexity index is 1090. The molecule has 0 aliphatic rings. The molecule has 0 unspecified atom stereocenters. The number of aromatic amines is 1. The van der Waals surface area contributed by atoms with Gasteiger partial charge in [0.1, 0.15) is 5.75 Å². The Morgan fingerprint density at radius 2 is 1.81 bits per heavy atom. The van der Waals surface area contributed by atoms with Crippen LogP contribution in [0.5, 0.6) is 11.6 Å². The number of non-ortho nitro benzene ring substituents is 1. The van der Waals surface area contributed by atoms with Crippen molar-refractivity contribution in [3.63, 3.8) is 0 Å². The van der Waals surface area contributed by atoms with E-state index >= 15 is 0 Å². The smallest absolute Gasteiger partial charge is 0.353 e. The Balaban J connectivity index is 1.82. The van der Waals surface area contributed by atoms with Gasteiger partial charge in [-0.2, -0.15) is 0 Å². The fourth-order valence-electron chi connectivity index (χ4n) is 2.24. The van der Waals surface area contributed by atoms with Crippen molar-refractivity contribution >= 4 is 39.8 Å². The van der Waals surface area contributed by atoms with Crippen molar-refractivity contribution in [2.75, 3.05) is 5.32 Å². The number of hydrogen-bond donors (Lipinski definition) is 4. The lowest BCUT2D eigenvalue weighted by Crippen LogP contribution is -2.20. The number of rotatable bonds is 3. The Morgan fingerprint density at radius 1 is 1.11 bits per heavy atom. The highest BCUT2D eigenvalue weighted by Crippen LogP contribution is 2.37. The molecule has 1 heterocycles. The van der Waals surface area contributed by atoms with Gasteiger partial charge < -0.3 is 20.5 Å². The molecule has 27 heavy (non-hydrogen) atoms. The Morgan fingerprint density at radius 3 is 2.48 bits per heavy atom. The predicted molar refractivity (Wildman–Crippen MR) is 92.9 cm³/mol. The van der Waals surface area contributed by atoms with Gasteiger partial charge in [0.2, 0.25) is 5.88 Å².